The maximum atomic E-state index is 12.9. The number of piperazine rings is 1. The minimum atomic E-state index is -0.236. The summed E-state index contributed by atoms with van der Waals surface area (Å²) in [4.78, 5) is 12.7. The first-order valence-corrected chi connectivity index (χ1v) is 9.08. The number of nitrogens with one attached hydrogen (secondary N) is 1. The number of fused-ring (bicyclic) bond motifs is 1. The molecule has 1 aliphatic rings. The average Bonchev–Trinajstić information content (AvgIpc) is 3.15. The lowest BCUT2D eigenvalue weighted by molar-refractivity contribution is 0.224. The van der Waals surface area contributed by atoms with Crippen LogP contribution in [0.1, 0.15) is 6.42 Å². The number of ether oxygens (including phenoxy) is 1. The van der Waals surface area contributed by atoms with Crippen LogP contribution in [0.25, 0.3) is 11.0 Å². The van der Waals surface area contributed by atoms with Gasteiger partial charge in [0.05, 0.1) is 6.61 Å². The first kappa shape index (κ1) is 16.8. The van der Waals surface area contributed by atoms with E-state index in [0.717, 1.165) is 61.7 Å². The zero-order valence-corrected chi connectivity index (χ0v) is 14.7. The van der Waals surface area contributed by atoms with Crippen LogP contribution in [0.15, 0.2) is 48.7 Å². The number of hydrogen-bond acceptors (Lipinski definition) is 4. The number of rotatable bonds is 6. The van der Waals surface area contributed by atoms with Gasteiger partial charge in [-0.2, -0.15) is 0 Å². The molecule has 0 saturated carbocycles. The molecule has 0 aliphatic carbocycles. The van der Waals surface area contributed by atoms with Gasteiger partial charge in [0, 0.05) is 44.3 Å². The molecule has 1 aromatic carbocycles. The van der Waals surface area contributed by atoms with Crippen LogP contribution in [0.5, 0.6) is 5.75 Å². The number of aromatic amines is 1. The first-order chi connectivity index (χ1) is 12.8. The largest absolute Gasteiger partial charge is 0.494 e. The molecule has 1 fully saturated rings. The van der Waals surface area contributed by atoms with Gasteiger partial charge in [0.2, 0.25) is 0 Å². The predicted molar refractivity (Wildman–Crippen MR) is 101 cm³/mol. The fourth-order valence-electron chi connectivity index (χ4n) is 3.31. The Morgan fingerprint density at radius 1 is 1.00 bits per heavy atom. The highest BCUT2D eigenvalue weighted by molar-refractivity contribution is 5.77. The summed E-state index contributed by atoms with van der Waals surface area (Å²) in [5.41, 5.74) is 0.947. The molecule has 1 aliphatic heterocycles. The molecule has 0 radical (unpaired) electrons. The summed E-state index contributed by atoms with van der Waals surface area (Å²) in [5.74, 6) is 1.53. The minimum Gasteiger partial charge on any atom is -0.494 e. The maximum absolute atomic E-state index is 12.9. The average molecular weight is 354 g/mol. The zero-order chi connectivity index (χ0) is 17.8. The quantitative estimate of drug-likeness (QED) is 0.690. The number of anilines is 1. The summed E-state index contributed by atoms with van der Waals surface area (Å²) in [6, 6.07) is 12.4. The van der Waals surface area contributed by atoms with Crippen LogP contribution >= 0.6 is 0 Å². The third kappa shape index (κ3) is 3.96. The Labute approximate surface area is 152 Å². The smallest absolute Gasteiger partial charge is 0.139 e. The first-order valence-electron chi connectivity index (χ1n) is 9.08. The summed E-state index contributed by atoms with van der Waals surface area (Å²) in [6.07, 6.45) is 2.89. The normalized spacial score (nSPS) is 15.5. The molecule has 5 nitrogen and oxygen atoms in total. The Kier molecular flexibility index (Phi) is 5.02. The van der Waals surface area contributed by atoms with Gasteiger partial charge in [-0.3, -0.25) is 4.90 Å². The summed E-state index contributed by atoms with van der Waals surface area (Å²) in [7, 11) is 0. The lowest BCUT2D eigenvalue weighted by Crippen LogP contribution is -2.47. The lowest BCUT2D eigenvalue weighted by Gasteiger charge is -2.35. The van der Waals surface area contributed by atoms with Crippen LogP contribution < -0.4 is 9.64 Å². The molecule has 1 N–H and O–H groups in total. The van der Waals surface area contributed by atoms with Gasteiger partial charge < -0.3 is 14.6 Å². The van der Waals surface area contributed by atoms with Crippen molar-refractivity contribution in [3.05, 3.63) is 54.5 Å². The van der Waals surface area contributed by atoms with E-state index in [1.807, 2.05) is 12.3 Å². The lowest BCUT2D eigenvalue weighted by atomic mass is 10.2. The van der Waals surface area contributed by atoms with Crippen LogP contribution in [0, 0.1) is 5.82 Å². The van der Waals surface area contributed by atoms with Gasteiger partial charge in [-0.25, -0.2) is 9.37 Å². The van der Waals surface area contributed by atoms with Crippen molar-refractivity contribution in [2.45, 2.75) is 6.42 Å². The summed E-state index contributed by atoms with van der Waals surface area (Å²) >= 11 is 0. The SMILES string of the molecule is Fc1ccc(OCCCN2CCN(c3ccc4cc[nH]c4n3)CC2)cc1. The van der Waals surface area contributed by atoms with Gasteiger partial charge in [-0.15, -0.1) is 0 Å². The Hall–Kier alpha value is -2.60. The van der Waals surface area contributed by atoms with E-state index in [4.69, 9.17) is 9.72 Å². The number of benzene rings is 1. The topological polar surface area (TPSA) is 44.4 Å². The molecule has 0 bridgehead atoms. The fourth-order valence-corrected chi connectivity index (χ4v) is 3.31. The van der Waals surface area contributed by atoms with Gasteiger partial charge in [-0.1, -0.05) is 0 Å². The zero-order valence-electron chi connectivity index (χ0n) is 14.7. The second-order valence-corrected chi connectivity index (χ2v) is 6.57. The molecule has 26 heavy (non-hydrogen) atoms. The molecule has 0 unspecified atom stereocenters. The van der Waals surface area contributed by atoms with Crippen molar-refractivity contribution in [1.82, 2.24) is 14.9 Å². The molecule has 0 atom stereocenters. The van der Waals surface area contributed by atoms with E-state index in [0.29, 0.717) is 6.61 Å². The van der Waals surface area contributed by atoms with E-state index in [1.54, 1.807) is 12.1 Å². The molecule has 6 heteroatoms. The van der Waals surface area contributed by atoms with Crippen LogP contribution in [0.3, 0.4) is 0 Å². The highest BCUT2D eigenvalue weighted by atomic mass is 19.1. The van der Waals surface area contributed by atoms with Crippen LogP contribution in [0.2, 0.25) is 0 Å². The van der Waals surface area contributed by atoms with Crippen LogP contribution in [0.4, 0.5) is 10.2 Å². The molecule has 3 heterocycles. The number of H-pyrrole nitrogens is 1. The molecule has 3 aromatic rings. The van der Waals surface area contributed by atoms with E-state index < -0.39 is 0 Å². The van der Waals surface area contributed by atoms with Gasteiger partial charge in [0.1, 0.15) is 23.0 Å². The van der Waals surface area contributed by atoms with E-state index in [-0.39, 0.29) is 5.82 Å². The number of halogens is 1. The van der Waals surface area contributed by atoms with Crippen molar-refractivity contribution in [3.8, 4) is 5.75 Å². The van der Waals surface area contributed by atoms with Crippen molar-refractivity contribution < 1.29 is 9.13 Å². The minimum absolute atomic E-state index is 0.236. The maximum Gasteiger partial charge on any atom is 0.139 e. The van der Waals surface area contributed by atoms with Gasteiger partial charge in [0.25, 0.3) is 0 Å². The van der Waals surface area contributed by atoms with Crippen molar-refractivity contribution in [2.24, 2.45) is 0 Å². The number of nitrogens with zero attached hydrogens (tertiary/aromatic N) is 3. The van der Waals surface area contributed by atoms with E-state index >= 15 is 0 Å². The Morgan fingerprint density at radius 3 is 2.62 bits per heavy atom. The van der Waals surface area contributed by atoms with Crippen molar-refractivity contribution in [2.75, 3.05) is 44.2 Å². The van der Waals surface area contributed by atoms with Gasteiger partial charge >= 0.3 is 0 Å². The van der Waals surface area contributed by atoms with E-state index in [9.17, 15) is 4.39 Å². The molecular weight excluding hydrogens is 331 g/mol. The monoisotopic (exact) mass is 354 g/mol. The number of aromatic nitrogens is 2. The van der Waals surface area contributed by atoms with Crippen LogP contribution in [-0.4, -0.2) is 54.2 Å². The summed E-state index contributed by atoms with van der Waals surface area (Å²) in [5, 5.41) is 1.15. The molecule has 136 valence electrons. The summed E-state index contributed by atoms with van der Waals surface area (Å²) < 4.78 is 18.5. The van der Waals surface area contributed by atoms with E-state index in [1.165, 1.54) is 12.1 Å². The summed E-state index contributed by atoms with van der Waals surface area (Å²) in [6.45, 7) is 5.69. The van der Waals surface area contributed by atoms with Crippen molar-refractivity contribution in [1.29, 1.82) is 0 Å². The number of pyridine rings is 1. The van der Waals surface area contributed by atoms with E-state index in [2.05, 4.69) is 26.9 Å². The Balaban J connectivity index is 1.20. The van der Waals surface area contributed by atoms with Gasteiger partial charge in [-0.05, 0) is 48.9 Å². The highest BCUT2D eigenvalue weighted by Crippen LogP contribution is 2.18. The molecule has 4 rings (SSSR count). The predicted octanol–water partition coefficient (Wildman–Crippen LogP) is 3.29. The molecular formula is C20H23FN4O. The number of hydrogen-bond donors (Lipinski definition) is 1. The molecule has 0 spiro atoms. The molecule has 0 amide bonds. The molecule has 1 saturated heterocycles. The standard InChI is InChI=1S/C20H23FN4O/c21-17-3-5-18(6-4-17)26-15-1-10-24-11-13-25(14-12-24)19-7-2-16-8-9-22-20(16)23-19/h2-9H,1,10-15H2,(H,22,23). The van der Waals surface area contributed by atoms with Crippen molar-refractivity contribution >= 4 is 16.9 Å². The van der Waals surface area contributed by atoms with Crippen LogP contribution in [-0.2, 0) is 0 Å². The second-order valence-electron chi connectivity index (χ2n) is 6.57. The fraction of sp³-hybridized carbons (Fsp3) is 0.350. The van der Waals surface area contributed by atoms with Gasteiger partial charge in [0.15, 0.2) is 0 Å². The third-order valence-corrected chi connectivity index (χ3v) is 4.79. The second kappa shape index (κ2) is 7.74. The third-order valence-electron chi connectivity index (χ3n) is 4.79. The molecule has 2 aromatic heterocycles. The Morgan fingerprint density at radius 2 is 1.81 bits per heavy atom. The Bertz CT molecular complexity index is 840. The van der Waals surface area contributed by atoms with Crippen molar-refractivity contribution in [3.63, 3.8) is 0 Å². The highest BCUT2D eigenvalue weighted by Gasteiger charge is 2.18.